The van der Waals surface area contributed by atoms with Crippen LogP contribution in [-0.2, 0) is 4.79 Å². The SMILES string of the molecule is Cc1ccccc1NC(=O)COc1c(Cl)cc(C=Nn2c(C(C)C)nc3ccc(Br)cc3c2=O)cc1[N+](=O)[O-]. The molecule has 1 aromatic heterocycles. The number of halogens is 2. The lowest BCUT2D eigenvalue weighted by Crippen LogP contribution is -2.23. The summed E-state index contributed by atoms with van der Waals surface area (Å²) in [6.45, 7) is 5.10. The van der Waals surface area contributed by atoms with E-state index in [4.69, 9.17) is 16.3 Å². The van der Waals surface area contributed by atoms with Gasteiger partial charge in [0.25, 0.3) is 11.5 Å². The molecule has 12 heteroatoms. The average Bonchev–Trinajstić information content (AvgIpc) is 2.88. The fraction of sp³-hybridized carbons (Fsp3) is 0.185. The third-order valence-corrected chi connectivity index (χ3v) is 6.46. The molecule has 0 aliphatic heterocycles. The first-order valence-corrected chi connectivity index (χ1v) is 12.9. The maximum atomic E-state index is 13.2. The first kappa shape index (κ1) is 27.9. The van der Waals surface area contributed by atoms with Gasteiger partial charge >= 0.3 is 5.69 Å². The third kappa shape index (κ3) is 6.32. The minimum atomic E-state index is -0.668. The topological polar surface area (TPSA) is 129 Å². The summed E-state index contributed by atoms with van der Waals surface area (Å²) in [4.78, 5) is 41.3. The molecule has 4 rings (SSSR count). The Labute approximate surface area is 236 Å². The summed E-state index contributed by atoms with van der Waals surface area (Å²) in [5, 5.41) is 19.1. The molecule has 3 aromatic carbocycles. The molecule has 0 fully saturated rings. The molecule has 0 saturated carbocycles. The number of carbonyl (C=O) groups excluding carboxylic acids is 1. The highest BCUT2D eigenvalue weighted by Gasteiger charge is 2.22. The van der Waals surface area contributed by atoms with Gasteiger partial charge in [-0.2, -0.15) is 9.78 Å². The summed E-state index contributed by atoms with van der Waals surface area (Å²) in [5.74, 6) is -0.471. The molecule has 39 heavy (non-hydrogen) atoms. The van der Waals surface area contributed by atoms with Gasteiger partial charge in [0.15, 0.2) is 6.61 Å². The van der Waals surface area contributed by atoms with Crippen LogP contribution < -0.4 is 15.6 Å². The lowest BCUT2D eigenvalue weighted by molar-refractivity contribution is -0.385. The lowest BCUT2D eigenvalue weighted by atomic mass is 10.2. The third-order valence-electron chi connectivity index (χ3n) is 5.68. The number of rotatable bonds is 8. The second-order valence-corrected chi connectivity index (χ2v) is 10.2. The van der Waals surface area contributed by atoms with Crippen molar-refractivity contribution >= 4 is 61.9 Å². The van der Waals surface area contributed by atoms with E-state index in [1.807, 2.05) is 32.9 Å². The van der Waals surface area contributed by atoms with Crippen molar-refractivity contribution in [2.45, 2.75) is 26.7 Å². The number of hydrogen-bond donors (Lipinski definition) is 1. The lowest BCUT2D eigenvalue weighted by Gasteiger charge is -2.12. The second kappa shape index (κ2) is 11.7. The number of nitro benzene ring substituents is 1. The Morgan fingerprint density at radius 1 is 1.26 bits per heavy atom. The zero-order chi connectivity index (χ0) is 28.3. The number of ether oxygens (including phenoxy) is 1. The van der Waals surface area contributed by atoms with Gasteiger partial charge in [0, 0.05) is 27.7 Å². The molecule has 0 atom stereocenters. The molecule has 1 amide bonds. The van der Waals surface area contributed by atoms with Crippen LogP contribution in [-0.4, -0.2) is 33.3 Å². The number of hydrogen-bond acceptors (Lipinski definition) is 7. The number of carbonyl (C=O) groups is 1. The van der Waals surface area contributed by atoms with Crippen LogP contribution in [0.3, 0.4) is 0 Å². The predicted octanol–water partition coefficient (Wildman–Crippen LogP) is 6.05. The Kier molecular flexibility index (Phi) is 8.41. The van der Waals surface area contributed by atoms with E-state index in [-0.39, 0.29) is 27.8 Å². The van der Waals surface area contributed by atoms with Crippen LogP contribution in [0, 0.1) is 17.0 Å². The molecule has 1 N–H and O–H groups in total. The van der Waals surface area contributed by atoms with Gasteiger partial charge in [-0.15, -0.1) is 0 Å². The van der Waals surface area contributed by atoms with Crippen molar-refractivity contribution in [1.82, 2.24) is 9.66 Å². The van der Waals surface area contributed by atoms with E-state index < -0.39 is 23.1 Å². The average molecular weight is 613 g/mol. The summed E-state index contributed by atoms with van der Waals surface area (Å²) >= 11 is 9.69. The fourth-order valence-corrected chi connectivity index (χ4v) is 4.40. The number of anilines is 1. The van der Waals surface area contributed by atoms with Gasteiger partial charge in [0.1, 0.15) is 5.82 Å². The van der Waals surface area contributed by atoms with Gasteiger partial charge < -0.3 is 10.1 Å². The van der Waals surface area contributed by atoms with Crippen LogP contribution in [0.4, 0.5) is 11.4 Å². The molecule has 0 unspecified atom stereocenters. The zero-order valence-electron chi connectivity index (χ0n) is 21.1. The molecule has 200 valence electrons. The molecule has 4 aromatic rings. The Morgan fingerprint density at radius 2 is 2.00 bits per heavy atom. The van der Waals surface area contributed by atoms with Crippen LogP contribution in [0.15, 0.2) is 69.0 Å². The fourth-order valence-electron chi connectivity index (χ4n) is 3.77. The van der Waals surface area contributed by atoms with Crippen molar-refractivity contribution in [2.75, 3.05) is 11.9 Å². The van der Waals surface area contributed by atoms with E-state index in [1.165, 1.54) is 23.0 Å². The standard InChI is InChI=1S/C27H23BrClN5O5/c1-15(2)26-32-22-9-8-18(28)12-19(22)27(36)33(26)30-13-17-10-20(29)25(23(11-17)34(37)38)39-14-24(35)31-21-7-5-4-6-16(21)3/h4-13,15H,14H2,1-3H3,(H,31,35). The number of aromatic nitrogens is 2. The molecule has 0 spiro atoms. The van der Waals surface area contributed by atoms with E-state index in [0.29, 0.717) is 26.9 Å². The quantitative estimate of drug-likeness (QED) is 0.146. The van der Waals surface area contributed by atoms with E-state index in [0.717, 1.165) is 5.56 Å². The Balaban J connectivity index is 1.64. The Bertz CT molecular complexity index is 1690. The molecule has 0 aliphatic carbocycles. The van der Waals surface area contributed by atoms with E-state index in [1.54, 1.807) is 30.3 Å². The minimum Gasteiger partial charge on any atom is -0.476 e. The van der Waals surface area contributed by atoms with Crippen molar-refractivity contribution in [3.63, 3.8) is 0 Å². The van der Waals surface area contributed by atoms with Crippen molar-refractivity contribution in [3.8, 4) is 5.75 Å². The van der Waals surface area contributed by atoms with Gasteiger partial charge in [-0.1, -0.05) is 59.6 Å². The number of nitrogens with zero attached hydrogens (tertiary/aromatic N) is 4. The van der Waals surface area contributed by atoms with Gasteiger partial charge in [0.05, 0.1) is 27.1 Å². The highest BCUT2D eigenvalue weighted by Crippen LogP contribution is 2.36. The number of nitrogens with one attached hydrogen (secondary N) is 1. The molecular weight excluding hydrogens is 590 g/mol. The molecule has 0 bridgehead atoms. The maximum absolute atomic E-state index is 13.2. The number of aryl methyl sites for hydroxylation is 1. The van der Waals surface area contributed by atoms with Gasteiger partial charge in [-0.3, -0.25) is 19.7 Å². The number of nitro groups is 1. The van der Waals surface area contributed by atoms with E-state index in [2.05, 4.69) is 31.3 Å². The Morgan fingerprint density at radius 3 is 2.69 bits per heavy atom. The van der Waals surface area contributed by atoms with Crippen LogP contribution in [0.25, 0.3) is 10.9 Å². The maximum Gasteiger partial charge on any atom is 0.313 e. The minimum absolute atomic E-state index is 0.0914. The van der Waals surface area contributed by atoms with E-state index in [9.17, 15) is 19.7 Å². The summed E-state index contributed by atoms with van der Waals surface area (Å²) in [6.07, 6.45) is 1.28. The number of amides is 1. The van der Waals surface area contributed by atoms with Crippen LogP contribution >= 0.6 is 27.5 Å². The summed E-state index contributed by atoms with van der Waals surface area (Å²) < 4.78 is 7.33. The number of fused-ring (bicyclic) bond motifs is 1. The molecule has 10 nitrogen and oxygen atoms in total. The van der Waals surface area contributed by atoms with Crippen molar-refractivity contribution in [1.29, 1.82) is 0 Å². The van der Waals surface area contributed by atoms with Crippen LogP contribution in [0.5, 0.6) is 5.75 Å². The Hall–Kier alpha value is -4.09. The predicted molar refractivity (Wildman–Crippen MR) is 154 cm³/mol. The molecule has 0 radical (unpaired) electrons. The molecular formula is C27H23BrClN5O5. The number of para-hydroxylation sites is 1. The summed E-state index contributed by atoms with van der Waals surface area (Å²) in [7, 11) is 0. The first-order valence-electron chi connectivity index (χ1n) is 11.8. The highest BCUT2D eigenvalue weighted by molar-refractivity contribution is 9.10. The van der Waals surface area contributed by atoms with Gasteiger partial charge in [-0.05, 0) is 42.8 Å². The normalized spacial score (nSPS) is 11.3. The number of benzene rings is 3. The first-order chi connectivity index (χ1) is 18.5. The monoisotopic (exact) mass is 611 g/mol. The van der Waals surface area contributed by atoms with Crippen LogP contribution in [0.2, 0.25) is 5.02 Å². The molecule has 1 heterocycles. The smallest absolute Gasteiger partial charge is 0.313 e. The van der Waals surface area contributed by atoms with Crippen molar-refractivity contribution < 1.29 is 14.5 Å². The van der Waals surface area contributed by atoms with Crippen LogP contribution in [0.1, 0.15) is 36.7 Å². The summed E-state index contributed by atoms with van der Waals surface area (Å²) in [6, 6.07) is 15.0. The molecule has 0 saturated heterocycles. The van der Waals surface area contributed by atoms with Gasteiger partial charge in [-0.25, -0.2) is 4.98 Å². The van der Waals surface area contributed by atoms with Crippen molar-refractivity contribution in [3.05, 3.63) is 102 Å². The molecule has 0 aliphatic rings. The highest BCUT2D eigenvalue weighted by atomic mass is 79.9. The van der Waals surface area contributed by atoms with Crippen molar-refractivity contribution in [2.24, 2.45) is 5.10 Å². The zero-order valence-corrected chi connectivity index (χ0v) is 23.5. The largest absolute Gasteiger partial charge is 0.476 e. The van der Waals surface area contributed by atoms with Gasteiger partial charge in [0.2, 0.25) is 5.75 Å². The van der Waals surface area contributed by atoms with E-state index >= 15 is 0 Å². The summed E-state index contributed by atoms with van der Waals surface area (Å²) in [5.41, 5.74) is 1.40. The second-order valence-electron chi connectivity index (χ2n) is 8.91.